The van der Waals surface area contributed by atoms with E-state index in [4.69, 9.17) is 10.5 Å². The van der Waals surface area contributed by atoms with Crippen molar-refractivity contribution in [3.63, 3.8) is 0 Å². The Morgan fingerprint density at radius 3 is 2.15 bits per heavy atom. The predicted molar refractivity (Wildman–Crippen MR) is 78.7 cm³/mol. The Morgan fingerprint density at radius 1 is 1.00 bits per heavy atom. The van der Waals surface area contributed by atoms with E-state index in [0.717, 1.165) is 11.1 Å². The summed E-state index contributed by atoms with van der Waals surface area (Å²) in [5.41, 5.74) is 7.88. The molecular formula is C17H18NO2. The van der Waals surface area contributed by atoms with Gasteiger partial charge >= 0.3 is 5.97 Å². The van der Waals surface area contributed by atoms with Gasteiger partial charge in [-0.25, -0.2) is 0 Å². The average molecular weight is 268 g/mol. The second kappa shape index (κ2) is 7.46. The quantitative estimate of drug-likeness (QED) is 0.819. The summed E-state index contributed by atoms with van der Waals surface area (Å²) in [5.74, 6) is -0.398. The normalized spacial score (nSPS) is 11.8. The molecule has 0 aliphatic carbocycles. The van der Waals surface area contributed by atoms with Crippen LogP contribution in [0, 0.1) is 6.42 Å². The highest BCUT2D eigenvalue weighted by Gasteiger charge is 2.15. The second-order valence-corrected chi connectivity index (χ2v) is 4.54. The van der Waals surface area contributed by atoms with Crippen molar-refractivity contribution < 1.29 is 9.53 Å². The third-order valence-corrected chi connectivity index (χ3v) is 2.95. The molecular weight excluding hydrogens is 250 g/mol. The fourth-order valence-corrected chi connectivity index (χ4v) is 1.80. The number of ether oxygens (including phenoxy) is 1. The maximum Gasteiger partial charge on any atom is 0.323 e. The van der Waals surface area contributed by atoms with Gasteiger partial charge in [-0.3, -0.25) is 4.79 Å². The molecule has 0 amide bonds. The number of hydrogen-bond acceptors (Lipinski definition) is 3. The highest BCUT2D eigenvalue weighted by Crippen LogP contribution is 2.06. The molecule has 0 saturated heterocycles. The highest BCUT2D eigenvalue weighted by molar-refractivity contribution is 5.77. The monoisotopic (exact) mass is 268 g/mol. The standard InChI is InChI=1S/C17H18NO2/c18-16(12-11-14-7-3-1-4-8-14)17(19)20-13-15-9-5-2-6-10-15/h1-10,12,16H,11,13,18H2/t16-/m1/s1. The van der Waals surface area contributed by atoms with Crippen molar-refractivity contribution in [1.29, 1.82) is 0 Å². The largest absolute Gasteiger partial charge is 0.460 e. The molecule has 103 valence electrons. The van der Waals surface area contributed by atoms with E-state index in [0.29, 0.717) is 6.42 Å². The topological polar surface area (TPSA) is 52.3 Å². The minimum atomic E-state index is -0.695. The Morgan fingerprint density at radius 2 is 1.55 bits per heavy atom. The van der Waals surface area contributed by atoms with E-state index in [9.17, 15) is 4.79 Å². The first-order chi connectivity index (χ1) is 9.75. The summed E-state index contributed by atoms with van der Waals surface area (Å²) in [7, 11) is 0. The summed E-state index contributed by atoms with van der Waals surface area (Å²) in [6.45, 7) is 0.256. The zero-order valence-electron chi connectivity index (χ0n) is 11.2. The minimum Gasteiger partial charge on any atom is -0.460 e. The zero-order chi connectivity index (χ0) is 14.2. The fraction of sp³-hybridized carbons (Fsp3) is 0.176. The van der Waals surface area contributed by atoms with E-state index in [1.165, 1.54) is 0 Å². The number of nitrogens with two attached hydrogens (primary N) is 1. The van der Waals surface area contributed by atoms with Crippen molar-refractivity contribution >= 4 is 5.97 Å². The van der Waals surface area contributed by atoms with Crippen molar-refractivity contribution in [2.75, 3.05) is 0 Å². The van der Waals surface area contributed by atoms with E-state index in [1.807, 2.05) is 60.7 Å². The van der Waals surface area contributed by atoms with Gasteiger partial charge in [-0.1, -0.05) is 60.7 Å². The second-order valence-electron chi connectivity index (χ2n) is 4.54. The van der Waals surface area contributed by atoms with E-state index in [1.54, 1.807) is 6.42 Å². The minimum absolute atomic E-state index is 0.256. The van der Waals surface area contributed by atoms with Gasteiger partial charge in [0.25, 0.3) is 0 Å². The molecule has 0 heterocycles. The van der Waals surface area contributed by atoms with Gasteiger partial charge in [0.15, 0.2) is 0 Å². The molecule has 2 N–H and O–H groups in total. The summed E-state index contributed by atoms with van der Waals surface area (Å²) in [6, 6.07) is 18.7. The van der Waals surface area contributed by atoms with Crippen LogP contribution >= 0.6 is 0 Å². The first kappa shape index (κ1) is 14.3. The van der Waals surface area contributed by atoms with Crippen molar-refractivity contribution in [1.82, 2.24) is 0 Å². The van der Waals surface area contributed by atoms with Crippen LogP contribution in [0.4, 0.5) is 0 Å². The van der Waals surface area contributed by atoms with Crippen molar-refractivity contribution in [3.05, 3.63) is 78.2 Å². The van der Waals surface area contributed by atoms with Crippen LogP contribution in [-0.2, 0) is 22.6 Å². The lowest BCUT2D eigenvalue weighted by atomic mass is 10.1. The molecule has 0 spiro atoms. The maximum absolute atomic E-state index is 11.8. The van der Waals surface area contributed by atoms with E-state index >= 15 is 0 Å². The van der Waals surface area contributed by atoms with Gasteiger partial charge in [0, 0.05) is 0 Å². The number of carbonyl (C=O) groups excluding carboxylic acids is 1. The average Bonchev–Trinajstić information content (AvgIpc) is 2.52. The van der Waals surface area contributed by atoms with Gasteiger partial charge in [-0.15, -0.1) is 0 Å². The van der Waals surface area contributed by atoms with Gasteiger partial charge in [0.2, 0.25) is 0 Å². The molecule has 0 aliphatic rings. The first-order valence-corrected chi connectivity index (χ1v) is 6.59. The third-order valence-electron chi connectivity index (χ3n) is 2.95. The first-order valence-electron chi connectivity index (χ1n) is 6.59. The van der Waals surface area contributed by atoms with E-state index in [-0.39, 0.29) is 6.61 Å². The van der Waals surface area contributed by atoms with Crippen LogP contribution in [0.1, 0.15) is 11.1 Å². The number of esters is 1. The lowest BCUT2D eigenvalue weighted by molar-refractivity contribution is -0.145. The molecule has 1 radical (unpaired) electrons. The lowest BCUT2D eigenvalue weighted by Crippen LogP contribution is -2.33. The van der Waals surface area contributed by atoms with Crippen LogP contribution < -0.4 is 5.73 Å². The Balaban J connectivity index is 1.75. The summed E-state index contributed by atoms with van der Waals surface area (Å²) < 4.78 is 5.18. The Labute approximate surface area is 119 Å². The van der Waals surface area contributed by atoms with Crippen molar-refractivity contribution in [3.8, 4) is 0 Å². The molecule has 0 bridgehead atoms. The van der Waals surface area contributed by atoms with Gasteiger partial charge < -0.3 is 10.5 Å². The van der Waals surface area contributed by atoms with Crippen LogP contribution in [-0.4, -0.2) is 12.0 Å². The van der Waals surface area contributed by atoms with E-state index < -0.39 is 12.0 Å². The van der Waals surface area contributed by atoms with Gasteiger partial charge in [-0.05, 0) is 24.0 Å². The highest BCUT2D eigenvalue weighted by atomic mass is 16.5. The molecule has 0 saturated carbocycles. The number of hydrogen-bond donors (Lipinski definition) is 1. The van der Waals surface area contributed by atoms with Crippen LogP contribution in [0.2, 0.25) is 0 Å². The number of benzene rings is 2. The van der Waals surface area contributed by atoms with E-state index in [2.05, 4.69) is 0 Å². The molecule has 0 aliphatic heterocycles. The molecule has 0 aromatic heterocycles. The van der Waals surface area contributed by atoms with Crippen LogP contribution in [0.25, 0.3) is 0 Å². The van der Waals surface area contributed by atoms with Gasteiger partial charge in [0.05, 0.1) is 0 Å². The Kier molecular flexibility index (Phi) is 5.33. The molecule has 2 aromatic rings. The molecule has 1 atom stereocenters. The molecule has 2 aromatic carbocycles. The van der Waals surface area contributed by atoms with Crippen LogP contribution in [0.3, 0.4) is 0 Å². The molecule has 20 heavy (non-hydrogen) atoms. The number of rotatable bonds is 6. The van der Waals surface area contributed by atoms with Gasteiger partial charge in [-0.2, -0.15) is 0 Å². The van der Waals surface area contributed by atoms with Crippen molar-refractivity contribution in [2.45, 2.75) is 19.1 Å². The maximum atomic E-state index is 11.8. The zero-order valence-corrected chi connectivity index (χ0v) is 11.2. The number of carbonyl (C=O) groups is 1. The third kappa shape index (κ3) is 4.52. The predicted octanol–water partition coefficient (Wildman–Crippen LogP) is 2.50. The summed E-state index contributed by atoms with van der Waals surface area (Å²) >= 11 is 0. The van der Waals surface area contributed by atoms with Crippen LogP contribution in [0.5, 0.6) is 0 Å². The Hall–Kier alpha value is -2.13. The fourth-order valence-electron chi connectivity index (χ4n) is 1.80. The van der Waals surface area contributed by atoms with Crippen molar-refractivity contribution in [2.24, 2.45) is 5.73 Å². The molecule has 2 rings (SSSR count). The molecule has 0 fully saturated rings. The smallest absolute Gasteiger partial charge is 0.323 e. The molecule has 3 nitrogen and oxygen atoms in total. The molecule has 0 unspecified atom stereocenters. The van der Waals surface area contributed by atoms with Gasteiger partial charge in [0.1, 0.15) is 12.6 Å². The summed E-state index contributed by atoms with van der Waals surface area (Å²) in [5, 5.41) is 0. The van der Waals surface area contributed by atoms with Crippen LogP contribution in [0.15, 0.2) is 60.7 Å². The summed E-state index contributed by atoms with van der Waals surface area (Å²) in [6.07, 6.45) is 2.42. The molecule has 3 heteroatoms. The summed E-state index contributed by atoms with van der Waals surface area (Å²) in [4.78, 5) is 11.8. The SMILES string of the molecule is N[C@H]([CH]Cc1ccccc1)C(=O)OCc1ccccc1. The Bertz CT molecular complexity index is 525. The lowest BCUT2D eigenvalue weighted by Gasteiger charge is -2.11.